The highest BCUT2D eigenvalue weighted by atomic mass is 16.5. The van der Waals surface area contributed by atoms with Gasteiger partial charge in [-0.2, -0.15) is 5.26 Å². The number of fused-ring (bicyclic) bond motifs is 1. The van der Waals surface area contributed by atoms with Crippen molar-refractivity contribution >= 4 is 0 Å². The van der Waals surface area contributed by atoms with Gasteiger partial charge in [0.1, 0.15) is 0 Å². The SMILES string of the molecule is CN(Cc1ccc(C#N)cc1)C1C2CCOC2C1(C)C. The summed E-state index contributed by atoms with van der Waals surface area (Å²) < 4.78 is 5.87. The van der Waals surface area contributed by atoms with Gasteiger partial charge in [-0.05, 0) is 31.2 Å². The lowest BCUT2D eigenvalue weighted by Crippen LogP contribution is -2.65. The van der Waals surface area contributed by atoms with Crippen molar-refractivity contribution in [3.05, 3.63) is 35.4 Å². The third-order valence-electron chi connectivity index (χ3n) is 5.03. The number of benzene rings is 1. The van der Waals surface area contributed by atoms with Gasteiger partial charge in [0.15, 0.2) is 0 Å². The third kappa shape index (κ3) is 2.04. The molecule has 3 rings (SSSR count). The lowest BCUT2D eigenvalue weighted by Gasteiger charge is -2.58. The lowest BCUT2D eigenvalue weighted by molar-refractivity contribution is -0.151. The van der Waals surface area contributed by atoms with Crippen LogP contribution in [0, 0.1) is 22.7 Å². The summed E-state index contributed by atoms with van der Waals surface area (Å²) in [5.41, 5.74) is 2.23. The molecule has 2 fully saturated rings. The molecule has 1 aliphatic heterocycles. The van der Waals surface area contributed by atoms with E-state index in [1.165, 1.54) is 12.0 Å². The summed E-state index contributed by atoms with van der Waals surface area (Å²) >= 11 is 0. The van der Waals surface area contributed by atoms with Crippen molar-refractivity contribution in [3.63, 3.8) is 0 Å². The van der Waals surface area contributed by atoms with Crippen LogP contribution < -0.4 is 0 Å². The maximum Gasteiger partial charge on any atom is 0.0991 e. The van der Waals surface area contributed by atoms with Crippen LogP contribution in [-0.2, 0) is 11.3 Å². The predicted molar refractivity (Wildman–Crippen MR) is 78.0 cm³/mol. The fourth-order valence-corrected chi connectivity index (χ4v) is 4.26. The van der Waals surface area contributed by atoms with Crippen LogP contribution in [0.5, 0.6) is 0 Å². The van der Waals surface area contributed by atoms with Crippen LogP contribution in [0.4, 0.5) is 0 Å². The highest BCUT2D eigenvalue weighted by Gasteiger charge is 2.60. The van der Waals surface area contributed by atoms with Crippen molar-refractivity contribution in [1.29, 1.82) is 5.26 Å². The first-order valence-electron chi connectivity index (χ1n) is 7.35. The van der Waals surface area contributed by atoms with Crippen LogP contribution in [0.2, 0.25) is 0 Å². The van der Waals surface area contributed by atoms with E-state index in [4.69, 9.17) is 10.00 Å². The molecule has 0 N–H and O–H groups in total. The van der Waals surface area contributed by atoms with E-state index in [9.17, 15) is 0 Å². The summed E-state index contributed by atoms with van der Waals surface area (Å²) in [6.07, 6.45) is 1.63. The Morgan fingerprint density at radius 2 is 2.05 bits per heavy atom. The highest BCUT2D eigenvalue weighted by Crippen LogP contribution is 2.54. The maximum absolute atomic E-state index is 8.84. The molecule has 106 valence electrons. The number of ether oxygens (including phenoxy) is 1. The molecular formula is C17H22N2O. The van der Waals surface area contributed by atoms with Crippen molar-refractivity contribution < 1.29 is 4.74 Å². The van der Waals surface area contributed by atoms with E-state index in [0.717, 1.165) is 18.7 Å². The Bertz CT molecular complexity index is 529. The molecule has 1 saturated heterocycles. The molecule has 0 radical (unpaired) electrons. The fourth-order valence-electron chi connectivity index (χ4n) is 4.26. The highest BCUT2D eigenvalue weighted by molar-refractivity contribution is 5.31. The molecule has 3 atom stereocenters. The molecule has 0 amide bonds. The van der Waals surface area contributed by atoms with Crippen LogP contribution in [0.1, 0.15) is 31.4 Å². The molecule has 1 saturated carbocycles. The maximum atomic E-state index is 8.84. The number of hydrogen-bond acceptors (Lipinski definition) is 3. The standard InChI is InChI=1S/C17H22N2O/c1-17(2)15(14-8-9-20-16(14)17)19(3)11-13-6-4-12(10-18)5-7-13/h4-7,14-16H,8-9,11H2,1-3H3. The lowest BCUT2D eigenvalue weighted by atomic mass is 9.57. The Hall–Kier alpha value is -1.37. The van der Waals surface area contributed by atoms with Gasteiger partial charge in [0.2, 0.25) is 0 Å². The summed E-state index contributed by atoms with van der Waals surface area (Å²) in [6.45, 7) is 6.49. The van der Waals surface area contributed by atoms with E-state index >= 15 is 0 Å². The monoisotopic (exact) mass is 270 g/mol. The number of hydrogen-bond donors (Lipinski definition) is 0. The van der Waals surface area contributed by atoms with Crippen molar-refractivity contribution in [2.24, 2.45) is 11.3 Å². The van der Waals surface area contributed by atoms with Gasteiger partial charge in [-0.1, -0.05) is 26.0 Å². The average Bonchev–Trinajstić information content (AvgIpc) is 2.85. The van der Waals surface area contributed by atoms with E-state index in [2.05, 4.69) is 44.0 Å². The Labute approximate surface area is 121 Å². The van der Waals surface area contributed by atoms with Gasteiger partial charge in [0.05, 0.1) is 17.7 Å². The summed E-state index contributed by atoms with van der Waals surface area (Å²) in [5, 5.41) is 8.84. The van der Waals surface area contributed by atoms with Gasteiger partial charge < -0.3 is 4.74 Å². The topological polar surface area (TPSA) is 36.3 Å². The second kappa shape index (κ2) is 4.87. The molecule has 0 bridgehead atoms. The molecular weight excluding hydrogens is 248 g/mol. The van der Waals surface area contributed by atoms with Gasteiger partial charge in [-0.25, -0.2) is 0 Å². The van der Waals surface area contributed by atoms with Crippen molar-refractivity contribution in [1.82, 2.24) is 4.90 Å². The summed E-state index contributed by atoms with van der Waals surface area (Å²) in [4.78, 5) is 2.46. The molecule has 1 heterocycles. The Balaban J connectivity index is 1.70. The van der Waals surface area contributed by atoms with E-state index in [1.807, 2.05) is 12.1 Å². The first-order valence-corrected chi connectivity index (χ1v) is 7.35. The Morgan fingerprint density at radius 3 is 2.70 bits per heavy atom. The van der Waals surface area contributed by atoms with E-state index in [1.54, 1.807) is 0 Å². The van der Waals surface area contributed by atoms with E-state index in [0.29, 0.717) is 18.1 Å². The van der Waals surface area contributed by atoms with Crippen molar-refractivity contribution in [2.45, 2.75) is 39.0 Å². The second-order valence-electron chi connectivity index (χ2n) is 6.73. The first-order chi connectivity index (χ1) is 9.54. The zero-order chi connectivity index (χ0) is 14.3. The second-order valence-corrected chi connectivity index (χ2v) is 6.73. The van der Waals surface area contributed by atoms with Gasteiger partial charge in [0, 0.05) is 30.5 Å². The summed E-state index contributed by atoms with van der Waals surface area (Å²) in [5.74, 6) is 0.688. The van der Waals surface area contributed by atoms with Gasteiger partial charge in [0.25, 0.3) is 0 Å². The normalized spacial score (nSPS) is 30.6. The van der Waals surface area contributed by atoms with Crippen LogP contribution in [-0.4, -0.2) is 30.7 Å². The molecule has 1 aliphatic carbocycles. The first kappa shape index (κ1) is 13.6. The number of nitriles is 1. The molecule has 1 aromatic carbocycles. The number of rotatable bonds is 3. The minimum Gasteiger partial charge on any atom is -0.377 e. The van der Waals surface area contributed by atoms with E-state index < -0.39 is 0 Å². The molecule has 2 aliphatic rings. The predicted octanol–water partition coefficient (Wildman–Crippen LogP) is 2.80. The van der Waals surface area contributed by atoms with Gasteiger partial charge >= 0.3 is 0 Å². The molecule has 0 spiro atoms. The zero-order valence-electron chi connectivity index (χ0n) is 12.5. The minimum absolute atomic E-state index is 0.239. The molecule has 1 aromatic rings. The Morgan fingerprint density at radius 1 is 1.35 bits per heavy atom. The van der Waals surface area contributed by atoms with Crippen LogP contribution >= 0.6 is 0 Å². The van der Waals surface area contributed by atoms with Gasteiger partial charge in [-0.15, -0.1) is 0 Å². The molecule has 20 heavy (non-hydrogen) atoms. The smallest absolute Gasteiger partial charge is 0.0991 e. The molecule has 3 nitrogen and oxygen atoms in total. The van der Waals surface area contributed by atoms with Crippen LogP contribution in [0.25, 0.3) is 0 Å². The van der Waals surface area contributed by atoms with Crippen LogP contribution in [0.3, 0.4) is 0 Å². The molecule has 3 heteroatoms. The summed E-state index contributed by atoms with van der Waals surface area (Å²) in [6, 6.07) is 10.7. The average molecular weight is 270 g/mol. The zero-order valence-corrected chi connectivity index (χ0v) is 12.5. The number of nitrogens with zero attached hydrogens (tertiary/aromatic N) is 2. The third-order valence-corrected chi connectivity index (χ3v) is 5.03. The Kier molecular flexibility index (Phi) is 3.32. The fraction of sp³-hybridized carbons (Fsp3) is 0.588. The molecule has 3 unspecified atom stereocenters. The molecule has 0 aromatic heterocycles. The van der Waals surface area contributed by atoms with Crippen molar-refractivity contribution in [2.75, 3.05) is 13.7 Å². The van der Waals surface area contributed by atoms with Gasteiger partial charge in [-0.3, -0.25) is 4.90 Å². The van der Waals surface area contributed by atoms with Crippen molar-refractivity contribution in [3.8, 4) is 6.07 Å². The summed E-state index contributed by atoms with van der Waals surface area (Å²) in [7, 11) is 2.21. The minimum atomic E-state index is 0.239. The van der Waals surface area contributed by atoms with E-state index in [-0.39, 0.29) is 5.41 Å². The largest absolute Gasteiger partial charge is 0.377 e. The quantitative estimate of drug-likeness (QED) is 0.847. The van der Waals surface area contributed by atoms with Crippen LogP contribution in [0.15, 0.2) is 24.3 Å².